The third-order valence-corrected chi connectivity index (χ3v) is 3.97. The molecule has 0 saturated carbocycles. The minimum Gasteiger partial charge on any atom is -0.497 e. The summed E-state index contributed by atoms with van der Waals surface area (Å²) in [6.45, 7) is 4.45. The molecule has 1 amide bonds. The van der Waals surface area contributed by atoms with Crippen molar-refractivity contribution in [1.29, 1.82) is 0 Å². The molecule has 0 saturated heterocycles. The van der Waals surface area contributed by atoms with E-state index in [1.807, 2.05) is 37.4 Å². The van der Waals surface area contributed by atoms with Crippen LogP contribution in [-0.2, 0) is 16.2 Å². The van der Waals surface area contributed by atoms with Gasteiger partial charge < -0.3 is 14.9 Å². The van der Waals surface area contributed by atoms with Gasteiger partial charge in [-0.05, 0) is 43.7 Å². The topological polar surface area (TPSA) is 77.7 Å². The van der Waals surface area contributed by atoms with Crippen molar-refractivity contribution in [2.24, 2.45) is 5.16 Å². The number of rotatable bonds is 5. The smallest absolute Gasteiger partial charge is 0.272 e. The minimum atomic E-state index is -1.05. The molecule has 2 heterocycles. The Morgan fingerprint density at radius 1 is 1.38 bits per heavy atom. The summed E-state index contributed by atoms with van der Waals surface area (Å²) in [5, 5.41) is 11.1. The SMILES string of the molecule is CCn1ccc(NC(=O)[C@@]2(C)CC(c3ccc(OC)cc3)=NO2)n1. The van der Waals surface area contributed by atoms with Gasteiger partial charge in [-0.15, -0.1) is 0 Å². The average Bonchev–Trinajstić information content (AvgIpc) is 3.22. The highest BCUT2D eigenvalue weighted by atomic mass is 16.7. The largest absolute Gasteiger partial charge is 0.497 e. The maximum atomic E-state index is 12.5. The lowest BCUT2D eigenvalue weighted by atomic mass is 9.95. The monoisotopic (exact) mass is 328 g/mol. The van der Waals surface area contributed by atoms with Crippen LogP contribution in [0.1, 0.15) is 25.8 Å². The fourth-order valence-electron chi connectivity index (χ4n) is 2.45. The van der Waals surface area contributed by atoms with Gasteiger partial charge in [0.15, 0.2) is 5.82 Å². The van der Waals surface area contributed by atoms with E-state index in [0.29, 0.717) is 12.2 Å². The van der Waals surface area contributed by atoms with Crippen LogP contribution in [0.2, 0.25) is 0 Å². The van der Waals surface area contributed by atoms with E-state index >= 15 is 0 Å². The van der Waals surface area contributed by atoms with Crippen molar-refractivity contribution < 1.29 is 14.4 Å². The second-order valence-corrected chi connectivity index (χ2v) is 5.78. The number of anilines is 1. The van der Waals surface area contributed by atoms with Gasteiger partial charge in [-0.3, -0.25) is 9.48 Å². The maximum Gasteiger partial charge on any atom is 0.272 e. The molecule has 1 aliphatic heterocycles. The third-order valence-electron chi connectivity index (χ3n) is 3.97. The molecular weight excluding hydrogens is 308 g/mol. The van der Waals surface area contributed by atoms with Gasteiger partial charge in [0.1, 0.15) is 5.75 Å². The second-order valence-electron chi connectivity index (χ2n) is 5.78. The van der Waals surface area contributed by atoms with E-state index < -0.39 is 5.60 Å². The summed E-state index contributed by atoms with van der Waals surface area (Å²) < 4.78 is 6.89. The molecule has 7 nitrogen and oxygen atoms in total. The molecule has 1 N–H and O–H groups in total. The molecule has 1 atom stereocenters. The Bertz CT molecular complexity index is 766. The van der Waals surface area contributed by atoms with Crippen LogP contribution in [0.3, 0.4) is 0 Å². The molecule has 126 valence electrons. The van der Waals surface area contributed by atoms with Gasteiger partial charge >= 0.3 is 0 Å². The van der Waals surface area contributed by atoms with Crippen LogP contribution in [0.25, 0.3) is 0 Å². The first-order valence-corrected chi connectivity index (χ1v) is 7.78. The van der Waals surface area contributed by atoms with Crippen LogP contribution in [0.15, 0.2) is 41.7 Å². The first kappa shape index (κ1) is 16.0. The van der Waals surface area contributed by atoms with E-state index in [2.05, 4.69) is 15.6 Å². The highest BCUT2D eigenvalue weighted by Crippen LogP contribution is 2.28. The Kier molecular flexibility index (Phi) is 4.24. The zero-order valence-electron chi connectivity index (χ0n) is 13.9. The van der Waals surface area contributed by atoms with Crippen LogP contribution in [0.5, 0.6) is 5.75 Å². The summed E-state index contributed by atoms with van der Waals surface area (Å²) in [5.41, 5.74) is 0.586. The fourth-order valence-corrected chi connectivity index (χ4v) is 2.45. The lowest BCUT2D eigenvalue weighted by Gasteiger charge is -2.19. The van der Waals surface area contributed by atoms with Crippen molar-refractivity contribution in [3.8, 4) is 5.75 Å². The van der Waals surface area contributed by atoms with Gasteiger partial charge in [0.2, 0.25) is 5.60 Å². The maximum absolute atomic E-state index is 12.5. The summed E-state index contributed by atoms with van der Waals surface area (Å²) in [6.07, 6.45) is 2.20. The van der Waals surface area contributed by atoms with Crippen molar-refractivity contribution in [2.45, 2.75) is 32.4 Å². The number of nitrogens with one attached hydrogen (secondary N) is 1. The van der Waals surface area contributed by atoms with Crippen LogP contribution >= 0.6 is 0 Å². The fraction of sp³-hybridized carbons (Fsp3) is 0.353. The van der Waals surface area contributed by atoms with Gasteiger partial charge in [0, 0.05) is 25.2 Å². The summed E-state index contributed by atoms with van der Waals surface area (Å²) in [5.74, 6) is 1.01. The molecule has 0 radical (unpaired) electrons. The first-order chi connectivity index (χ1) is 11.5. The lowest BCUT2D eigenvalue weighted by Crippen LogP contribution is -2.40. The number of methoxy groups -OCH3 is 1. The molecule has 0 spiro atoms. The summed E-state index contributed by atoms with van der Waals surface area (Å²) in [7, 11) is 1.62. The van der Waals surface area contributed by atoms with Crippen molar-refractivity contribution in [3.63, 3.8) is 0 Å². The number of aryl methyl sites for hydroxylation is 1. The van der Waals surface area contributed by atoms with E-state index in [0.717, 1.165) is 23.6 Å². The number of oxime groups is 1. The van der Waals surface area contributed by atoms with Gasteiger partial charge in [-0.25, -0.2) is 0 Å². The number of ether oxygens (including phenoxy) is 1. The standard InChI is InChI=1S/C17H20N4O3/c1-4-21-10-9-15(19-21)18-16(22)17(2)11-14(20-24-17)12-5-7-13(23-3)8-6-12/h5-10H,4,11H2,1-3H3,(H,18,19,22)/t17-/m1/s1. The molecule has 1 aromatic heterocycles. The van der Waals surface area contributed by atoms with Crippen molar-refractivity contribution in [2.75, 3.05) is 12.4 Å². The minimum absolute atomic E-state index is 0.267. The predicted octanol–water partition coefficient (Wildman–Crippen LogP) is 2.43. The number of nitrogens with zero attached hydrogens (tertiary/aromatic N) is 3. The summed E-state index contributed by atoms with van der Waals surface area (Å²) in [4.78, 5) is 18.0. The molecule has 3 rings (SSSR count). The zero-order valence-corrected chi connectivity index (χ0v) is 13.9. The number of carbonyl (C=O) groups excluding carboxylic acids is 1. The van der Waals surface area contributed by atoms with Gasteiger partial charge in [-0.2, -0.15) is 5.10 Å². The van der Waals surface area contributed by atoms with Crippen molar-refractivity contribution in [1.82, 2.24) is 9.78 Å². The highest BCUT2D eigenvalue weighted by Gasteiger charge is 2.42. The summed E-state index contributed by atoms with van der Waals surface area (Å²) in [6, 6.07) is 9.25. The number of hydrogen-bond acceptors (Lipinski definition) is 5. The van der Waals surface area contributed by atoms with E-state index in [4.69, 9.17) is 9.57 Å². The molecular formula is C17H20N4O3. The predicted molar refractivity (Wildman–Crippen MR) is 90.2 cm³/mol. The highest BCUT2D eigenvalue weighted by molar-refractivity contribution is 6.07. The van der Waals surface area contributed by atoms with E-state index in [1.54, 1.807) is 24.8 Å². The number of amides is 1. The molecule has 1 aromatic carbocycles. The number of carbonyl (C=O) groups is 1. The van der Waals surface area contributed by atoms with Crippen LogP contribution < -0.4 is 10.1 Å². The molecule has 1 aliphatic rings. The Morgan fingerprint density at radius 2 is 2.12 bits per heavy atom. The molecule has 0 fully saturated rings. The molecule has 0 bridgehead atoms. The van der Waals surface area contributed by atoms with E-state index in [9.17, 15) is 4.79 Å². The molecule has 0 aliphatic carbocycles. The summed E-state index contributed by atoms with van der Waals surface area (Å²) >= 11 is 0. The Labute approximate surface area is 140 Å². The normalized spacial score (nSPS) is 19.5. The second kappa shape index (κ2) is 6.35. The van der Waals surface area contributed by atoms with E-state index in [-0.39, 0.29) is 5.91 Å². The van der Waals surface area contributed by atoms with Crippen molar-refractivity contribution in [3.05, 3.63) is 42.1 Å². The third kappa shape index (κ3) is 3.10. The number of hydrogen-bond donors (Lipinski definition) is 1. The van der Waals surface area contributed by atoms with Crippen LogP contribution in [0, 0.1) is 0 Å². The van der Waals surface area contributed by atoms with Gasteiger partial charge in [0.05, 0.1) is 12.8 Å². The Balaban J connectivity index is 1.67. The number of benzene rings is 1. The Morgan fingerprint density at radius 3 is 2.75 bits per heavy atom. The molecule has 0 unspecified atom stereocenters. The average molecular weight is 328 g/mol. The molecule has 2 aromatic rings. The lowest BCUT2D eigenvalue weighted by molar-refractivity contribution is -0.135. The molecule has 24 heavy (non-hydrogen) atoms. The Hall–Kier alpha value is -2.83. The number of aromatic nitrogens is 2. The van der Waals surface area contributed by atoms with Crippen LogP contribution in [0.4, 0.5) is 5.82 Å². The van der Waals surface area contributed by atoms with Crippen LogP contribution in [-0.4, -0.2) is 34.1 Å². The van der Waals surface area contributed by atoms with E-state index in [1.165, 1.54) is 0 Å². The van der Waals surface area contributed by atoms with Gasteiger partial charge in [-0.1, -0.05) is 5.16 Å². The quantitative estimate of drug-likeness (QED) is 0.914. The molecule has 7 heteroatoms. The van der Waals surface area contributed by atoms with Gasteiger partial charge in [0.25, 0.3) is 5.91 Å². The first-order valence-electron chi connectivity index (χ1n) is 7.78. The zero-order chi connectivity index (χ0) is 17.2. The van der Waals surface area contributed by atoms with Crippen molar-refractivity contribution >= 4 is 17.4 Å².